The van der Waals surface area contributed by atoms with Crippen LogP contribution in [0.25, 0.3) is 0 Å². The summed E-state index contributed by atoms with van der Waals surface area (Å²) in [5, 5.41) is 5.98. The van der Waals surface area contributed by atoms with Gasteiger partial charge in [0.1, 0.15) is 6.04 Å². The molecular formula is C27H40N6O2. The summed E-state index contributed by atoms with van der Waals surface area (Å²) in [5.41, 5.74) is 2.37. The minimum absolute atomic E-state index is 0.231. The van der Waals surface area contributed by atoms with E-state index in [-0.39, 0.29) is 6.04 Å². The van der Waals surface area contributed by atoms with Crippen LogP contribution in [0, 0.1) is 0 Å². The summed E-state index contributed by atoms with van der Waals surface area (Å²) >= 11 is 0. The summed E-state index contributed by atoms with van der Waals surface area (Å²) < 4.78 is 11.4. The highest BCUT2D eigenvalue weighted by atomic mass is 16.5. The molecule has 35 heavy (non-hydrogen) atoms. The third-order valence-electron chi connectivity index (χ3n) is 7.42. The van der Waals surface area contributed by atoms with Gasteiger partial charge in [-0.1, -0.05) is 42.5 Å². The average molecular weight is 481 g/mol. The first-order valence-corrected chi connectivity index (χ1v) is 12.7. The quantitative estimate of drug-likeness (QED) is 0.246. The normalized spacial score (nSPS) is 19.0. The number of piperidine rings is 1. The van der Waals surface area contributed by atoms with Gasteiger partial charge in [0, 0.05) is 18.7 Å². The molecule has 2 aromatic carbocycles. The lowest BCUT2D eigenvalue weighted by atomic mass is 9.88. The van der Waals surface area contributed by atoms with Gasteiger partial charge in [-0.25, -0.2) is 5.84 Å². The minimum Gasteiger partial charge on any atom is -0.493 e. The molecule has 2 aliphatic rings. The number of methoxy groups -OCH3 is 2. The summed E-state index contributed by atoms with van der Waals surface area (Å²) in [7, 11) is 3.33. The van der Waals surface area contributed by atoms with Crippen molar-refractivity contribution in [1.82, 2.24) is 14.8 Å². The Morgan fingerprint density at radius 1 is 1.00 bits per heavy atom. The molecule has 0 spiro atoms. The van der Waals surface area contributed by atoms with E-state index in [4.69, 9.17) is 21.2 Å². The van der Waals surface area contributed by atoms with Gasteiger partial charge in [0.05, 0.1) is 14.2 Å². The summed E-state index contributed by atoms with van der Waals surface area (Å²) in [6.45, 7) is 5.63. The van der Waals surface area contributed by atoms with E-state index in [9.17, 15) is 0 Å². The Kier molecular flexibility index (Phi) is 8.84. The molecule has 0 aromatic heterocycles. The van der Waals surface area contributed by atoms with E-state index in [0.717, 1.165) is 51.1 Å². The van der Waals surface area contributed by atoms with Gasteiger partial charge in [0.15, 0.2) is 17.3 Å². The van der Waals surface area contributed by atoms with Gasteiger partial charge in [0.25, 0.3) is 0 Å². The largest absolute Gasteiger partial charge is 0.493 e. The number of nitrogens with two attached hydrogens (primary N) is 2. The van der Waals surface area contributed by atoms with E-state index in [1.807, 2.05) is 12.1 Å². The Hall–Kier alpha value is -2.81. The molecule has 0 saturated carbocycles. The highest BCUT2D eigenvalue weighted by Crippen LogP contribution is 2.40. The predicted octanol–water partition coefficient (Wildman–Crippen LogP) is 3.17. The van der Waals surface area contributed by atoms with E-state index < -0.39 is 0 Å². The first kappa shape index (κ1) is 25.3. The van der Waals surface area contributed by atoms with Gasteiger partial charge in [-0.15, -0.1) is 0 Å². The van der Waals surface area contributed by atoms with Gasteiger partial charge >= 0.3 is 0 Å². The molecule has 2 fully saturated rings. The highest BCUT2D eigenvalue weighted by Gasteiger charge is 2.35. The number of hydrogen-bond donors (Lipinski definition) is 2. The molecule has 1 unspecified atom stereocenters. The second-order valence-electron chi connectivity index (χ2n) is 9.44. The SMILES string of the molecule is COc1cccc(C(/C(=N/N)N(N)CCN2CCCC2)N2CCC(c3ccccc3)CC2)c1OC. The number of ether oxygens (including phenoxy) is 2. The molecule has 2 aromatic rings. The van der Waals surface area contributed by atoms with E-state index in [2.05, 4.69) is 51.3 Å². The van der Waals surface area contributed by atoms with Crippen molar-refractivity contribution in [1.29, 1.82) is 0 Å². The predicted molar refractivity (Wildman–Crippen MR) is 140 cm³/mol. The number of likely N-dealkylation sites (tertiary alicyclic amines) is 2. The van der Waals surface area contributed by atoms with Crippen LogP contribution < -0.4 is 21.2 Å². The molecular weight excluding hydrogens is 440 g/mol. The van der Waals surface area contributed by atoms with E-state index in [1.165, 1.54) is 18.4 Å². The fourth-order valence-electron chi connectivity index (χ4n) is 5.51. The van der Waals surface area contributed by atoms with Gasteiger partial charge in [-0.2, -0.15) is 5.10 Å². The van der Waals surface area contributed by atoms with Crippen LogP contribution in [0.4, 0.5) is 0 Å². The topological polar surface area (TPSA) is 92.6 Å². The zero-order valence-corrected chi connectivity index (χ0v) is 21.1. The molecule has 4 rings (SSSR count). The zero-order chi connectivity index (χ0) is 24.6. The summed E-state index contributed by atoms with van der Waals surface area (Å²) in [6.07, 6.45) is 4.62. The first-order valence-electron chi connectivity index (χ1n) is 12.7. The summed E-state index contributed by atoms with van der Waals surface area (Å²) in [5.74, 6) is 15.2. The van der Waals surface area contributed by atoms with Crippen LogP contribution in [0.2, 0.25) is 0 Å². The Bertz CT molecular complexity index is 955. The molecule has 1 atom stereocenters. The van der Waals surface area contributed by atoms with Crippen molar-refractivity contribution in [2.45, 2.75) is 37.6 Å². The molecule has 8 nitrogen and oxygen atoms in total. The summed E-state index contributed by atoms with van der Waals surface area (Å²) in [4.78, 5) is 4.87. The number of para-hydroxylation sites is 1. The average Bonchev–Trinajstić information content (AvgIpc) is 3.44. The number of rotatable bonds is 9. The maximum atomic E-state index is 6.63. The molecule has 2 aliphatic heterocycles. The maximum Gasteiger partial charge on any atom is 0.165 e. The lowest BCUT2D eigenvalue weighted by Crippen LogP contribution is -2.50. The van der Waals surface area contributed by atoms with Crippen LogP contribution in [0.3, 0.4) is 0 Å². The van der Waals surface area contributed by atoms with Crippen LogP contribution in [-0.4, -0.2) is 74.1 Å². The molecule has 0 radical (unpaired) electrons. The maximum absolute atomic E-state index is 6.63. The molecule has 0 amide bonds. The highest BCUT2D eigenvalue weighted by molar-refractivity contribution is 5.89. The number of nitrogens with zero attached hydrogens (tertiary/aromatic N) is 4. The molecule has 4 N–H and O–H groups in total. The fourth-order valence-corrected chi connectivity index (χ4v) is 5.51. The van der Waals surface area contributed by atoms with Crippen LogP contribution in [0.15, 0.2) is 53.6 Å². The lowest BCUT2D eigenvalue weighted by Gasteiger charge is -2.40. The Morgan fingerprint density at radius 2 is 1.71 bits per heavy atom. The van der Waals surface area contributed by atoms with Crippen LogP contribution in [0.5, 0.6) is 11.5 Å². The van der Waals surface area contributed by atoms with Crippen molar-refractivity contribution in [3.8, 4) is 11.5 Å². The van der Waals surface area contributed by atoms with Gasteiger partial charge < -0.3 is 20.2 Å². The molecule has 0 aliphatic carbocycles. The third kappa shape index (κ3) is 5.89. The second-order valence-corrected chi connectivity index (χ2v) is 9.44. The Morgan fingerprint density at radius 3 is 2.34 bits per heavy atom. The minimum atomic E-state index is -0.231. The number of amidine groups is 1. The van der Waals surface area contributed by atoms with Gasteiger partial charge in [0.2, 0.25) is 0 Å². The molecule has 2 saturated heterocycles. The Labute approximate surface area is 209 Å². The van der Waals surface area contributed by atoms with E-state index in [0.29, 0.717) is 29.8 Å². The lowest BCUT2D eigenvalue weighted by molar-refractivity contribution is 0.173. The molecule has 190 valence electrons. The van der Waals surface area contributed by atoms with Crippen LogP contribution >= 0.6 is 0 Å². The number of hydrazine groups is 1. The fraction of sp³-hybridized carbons (Fsp3) is 0.519. The standard InChI is InChI=1S/C27H40N6O2/c1-34-24-12-8-11-23(26(24)35-2)25(27(30-28)33(29)20-19-31-15-6-7-16-31)32-17-13-22(14-18-32)21-9-4-3-5-10-21/h3-5,8-12,22,25H,6-7,13-20,28-29H2,1-2H3/b30-27-. The number of hydrazone groups is 1. The van der Waals surface area contributed by atoms with Crippen LogP contribution in [0.1, 0.15) is 48.8 Å². The van der Waals surface area contributed by atoms with Crippen molar-refractivity contribution in [3.05, 3.63) is 59.7 Å². The van der Waals surface area contributed by atoms with E-state index in [1.54, 1.807) is 19.2 Å². The number of hydrogen-bond acceptors (Lipinski definition) is 7. The van der Waals surface area contributed by atoms with Crippen LogP contribution in [-0.2, 0) is 0 Å². The monoisotopic (exact) mass is 480 g/mol. The summed E-state index contributed by atoms with van der Waals surface area (Å²) in [6, 6.07) is 16.5. The third-order valence-corrected chi connectivity index (χ3v) is 7.42. The van der Waals surface area contributed by atoms with Crippen molar-refractivity contribution in [3.63, 3.8) is 0 Å². The van der Waals surface area contributed by atoms with Gasteiger partial charge in [-0.05, 0) is 69.4 Å². The molecule has 2 heterocycles. The molecule has 0 bridgehead atoms. The first-order chi connectivity index (χ1) is 17.2. The number of benzene rings is 2. The smallest absolute Gasteiger partial charge is 0.165 e. The van der Waals surface area contributed by atoms with E-state index >= 15 is 0 Å². The Balaban J connectivity index is 1.59. The van der Waals surface area contributed by atoms with Crippen molar-refractivity contribution >= 4 is 5.84 Å². The second kappa shape index (κ2) is 12.2. The van der Waals surface area contributed by atoms with Crippen molar-refractivity contribution in [2.24, 2.45) is 16.8 Å². The van der Waals surface area contributed by atoms with Gasteiger partial charge in [-0.3, -0.25) is 9.91 Å². The zero-order valence-electron chi connectivity index (χ0n) is 21.1. The van der Waals surface area contributed by atoms with Crippen molar-refractivity contribution in [2.75, 3.05) is 53.5 Å². The molecule has 8 heteroatoms. The van der Waals surface area contributed by atoms with Crippen molar-refractivity contribution < 1.29 is 9.47 Å².